The molecule has 4 aliphatic rings. The summed E-state index contributed by atoms with van der Waals surface area (Å²) in [7, 11) is 0. The Kier molecular flexibility index (Phi) is 10.3. The highest BCUT2D eigenvalue weighted by Gasteiger charge is 2.41. The molecule has 14 nitrogen and oxygen atoms in total. The standard InChI is InChI=1S/C36H40N6O8/c43-29(37-25-11-7-9-21-23(25)19-41(35(21)49)27-15-17-31(45)39-33(27)47)13-5-3-1-2-4-6-14-30(44)38-26-12-8-10-22-24(26)20-42(36(22)50)28-16-18-32(46)40-34(28)48/h7-12,27-28H,1-6,13-20H2,(H,37,43)(H,38,44)(H,39,45,47)(H,40,46,48). The van der Waals surface area contributed by atoms with Crippen molar-refractivity contribution in [3.63, 3.8) is 0 Å². The third-order valence-electron chi connectivity index (χ3n) is 9.77. The number of amides is 8. The van der Waals surface area contributed by atoms with Crippen molar-refractivity contribution in [2.24, 2.45) is 0 Å². The van der Waals surface area contributed by atoms with Gasteiger partial charge in [-0.25, -0.2) is 0 Å². The number of imide groups is 2. The van der Waals surface area contributed by atoms with Gasteiger partial charge in [-0.3, -0.25) is 49.0 Å². The molecule has 2 aromatic carbocycles. The van der Waals surface area contributed by atoms with E-state index in [2.05, 4.69) is 21.3 Å². The van der Waals surface area contributed by atoms with Crippen molar-refractivity contribution in [2.75, 3.05) is 10.6 Å². The second-order valence-corrected chi connectivity index (χ2v) is 13.2. The normalized spacial score (nSPS) is 20.0. The van der Waals surface area contributed by atoms with Crippen molar-refractivity contribution >= 4 is 58.6 Å². The molecule has 4 N–H and O–H groups in total. The van der Waals surface area contributed by atoms with Crippen LogP contribution in [0.15, 0.2) is 36.4 Å². The quantitative estimate of drug-likeness (QED) is 0.183. The Morgan fingerprint density at radius 1 is 0.600 bits per heavy atom. The van der Waals surface area contributed by atoms with E-state index in [0.717, 1.165) is 25.7 Å². The van der Waals surface area contributed by atoms with E-state index in [1.165, 1.54) is 9.80 Å². The summed E-state index contributed by atoms with van der Waals surface area (Å²) >= 11 is 0. The van der Waals surface area contributed by atoms with Crippen LogP contribution in [-0.4, -0.2) is 69.1 Å². The van der Waals surface area contributed by atoms with Gasteiger partial charge in [0.2, 0.25) is 35.4 Å². The van der Waals surface area contributed by atoms with Crippen molar-refractivity contribution in [1.29, 1.82) is 0 Å². The summed E-state index contributed by atoms with van der Waals surface area (Å²) in [5.74, 6) is -2.54. The molecule has 50 heavy (non-hydrogen) atoms. The molecule has 0 aliphatic carbocycles. The van der Waals surface area contributed by atoms with Gasteiger partial charge in [0.05, 0.1) is 0 Å². The van der Waals surface area contributed by atoms with Crippen molar-refractivity contribution in [3.05, 3.63) is 58.7 Å². The molecule has 0 saturated carbocycles. The van der Waals surface area contributed by atoms with Crippen LogP contribution in [0.3, 0.4) is 0 Å². The number of hydrogen-bond acceptors (Lipinski definition) is 8. The third-order valence-corrected chi connectivity index (χ3v) is 9.77. The number of nitrogens with one attached hydrogen (secondary N) is 4. The second kappa shape index (κ2) is 15.0. The maximum atomic E-state index is 13.0. The van der Waals surface area contributed by atoms with E-state index < -0.39 is 23.9 Å². The number of piperidine rings is 2. The SMILES string of the molecule is O=C1CCC(N2Cc3c(NC(=O)CCCCCCCCC(=O)Nc4cccc5c4CN(C4CCC(=O)NC4=O)C5=O)cccc3C2=O)C(=O)N1. The molecule has 4 heterocycles. The van der Waals surface area contributed by atoms with Gasteiger partial charge < -0.3 is 20.4 Å². The van der Waals surface area contributed by atoms with Crippen LogP contribution in [0.4, 0.5) is 11.4 Å². The van der Waals surface area contributed by atoms with E-state index in [9.17, 15) is 38.4 Å². The Morgan fingerprint density at radius 3 is 1.40 bits per heavy atom. The molecule has 262 valence electrons. The minimum Gasteiger partial charge on any atom is -0.326 e. The highest BCUT2D eigenvalue weighted by molar-refractivity contribution is 6.08. The van der Waals surface area contributed by atoms with Gasteiger partial charge in [-0.2, -0.15) is 0 Å². The minimum absolute atomic E-state index is 0.156. The molecule has 0 radical (unpaired) electrons. The lowest BCUT2D eigenvalue weighted by atomic mass is 10.0. The number of carbonyl (C=O) groups excluding carboxylic acids is 8. The fourth-order valence-corrected chi connectivity index (χ4v) is 7.11. The monoisotopic (exact) mass is 684 g/mol. The topological polar surface area (TPSA) is 191 Å². The Bertz CT molecular complexity index is 1640. The van der Waals surface area contributed by atoms with E-state index in [4.69, 9.17) is 0 Å². The number of benzene rings is 2. The van der Waals surface area contributed by atoms with Crippen molar-refractivity contribution in [1.82, 2.24) is 20.4 Å². The van der Waals surface area contributed by atoms with Crippen LogP contribution in [0, 0.1) is 0 Å². The molecule has 6 rings (SSSR count). The van der Waals surface area contributed by atoms with Crippen LogP contribution in [0.2, 0.25) is 0 Å². The van der Waals surface area contributed by atoms with E-state index >= 15 is 0 Å². The van der Waals surface area contributed by atoms with Gasteiger partial charge in [0.15, 0.2) is 0 Å². The first-order valence-electron chi connectivity index (χ1n) is 17.2. The molecule has 2 fully saturated rings. The van der Waals surface area contributed by atoms with Crippen molar-refractivity contribution in [2.45, 2.75) is 102 Å². The van der Waals surface area contributed by atoms with Gasteiger partial charge in [-0.05, 0) is 49.9 Å². The molecule has 4 aliphatic heterocycles. The Hall–Kier alpha value is -5.40. The van der Waals surface area contributed by atoms with Crippen molar-refractivity contribution in [3.8, 4) is 0 Å². The summed E-state index contributed by atoms with van der Waals surface area (Å²) < 4.78 is 0. The number of fused-ring (bicyclic) bond motifs is 2. The zero-order chi connectivity index (χ0) is 35.4. The van der Waals surface area contributed by atoms with Gasteiger partial charge in [0.1, 0.15) is 12.1 Å². The van der Waals surface area contributed by atoms with Gasteiger partial charge in [-0.15, -0.1) is 0 Å². The largest absolute Gasteiger partial charge is 0.326 e. The fourth-order valence-electron chi connectivity index (χ4n) is 7.11. The number of hydrogen-bond donors (Lipinski definition) is 4. The lowest BCUT2D eigenvalue weighted by Gasteiger charge is -2.29. The van der Waals surface area contributed by atoms with Gasteiger partial charge in [0, 0.05) is 72.4 Å². The summed E-state index contributed by atoms with van der Waals surface area (Å²) in [4.78, 5) is 102. The zero-order valence-electron chi connectivity index (χ0n) is 27.7. The van der Waals surface area contributed by atoms with Gasteiger partial charge in [-0.1, -0.05) is 37.8 Å². The Labute approximate surface area is 288 Å². The predicted octanol–water partition coefficient (Wildman–Crippen LogP) is 2.91. The third kappa shape index (κ3) is 7.43. The summed E-state index contributed by atoms with van der Waals surface area (Å²) in [5, 5.41) is 10.4. The molecule has 2 unspecified atom stereocenters. The number of unbranched alkanes of at least 4 members (excludes halogenated alkanes) is 5. The molecule has 8 amide bonds. The summed E-state index contributed by atoms with van der Waals surface area (Å²) in [6.45, 7) is 0.372. The predicted molar refractivity (Wildman–Crippen MR) is 179 cm³/mol. The number of carbonyl (C=O) groups is 8. The molecule has 2 aromatic rings. The van der Waals surface area contributed by atoms with Crippen LogP contribution >= 0.6 is 0 Å². The lowest BCUT2D eigenvalue weighted by Crippen LogP contribution is -2.52. The number of nitrogens with zero attached hydrogens (tertiary/aromatic N) is 2. The maximum Gasteiger partial charge on any atom is 0.255 e. The maximum absolute atomic E-state index is 13.0. The number of anilines is 2. The van der Waals surface area contributed by atoms with E-state index in [-0.39, 0.29) is 74.2 Å². The van der Waals surface area contributed by atoms with Crippen LogP contribution in [-0.2, 0) is 41.9 Å². The van der Waals surface area contributed by atoms with Crippen LogP contribution in [0.5, 0.6) is 0 Å². The average Bonchev–Trinajstić information content (AvgIpc) is 3.59. The second-order valence-electron chi connectivity index (χ2n) is 13.2. The van der Waals surface area contributed by atoms with Crippen LogP contribution < -0.4 is 21.3 Å². The molecule has 0 bridgehead atoms. The van der Waals surface area contributed by atoms with Gasteiger partial charge in [0.25, 0.3) is 11.8 Å². The smallest absolute Gasteiger partial charge is 0.255 e. The van der Waals surface area contributed by atoms with Crippen molar-refractivity contribution < 1.29 is 38.4 Å². The van der Waals surface area contributed by atoms with E-state index in [1.54, 1.807) is 36.4 Å². The first kappa shape index (κ1) is 34.5. The zero-order valence-corrected chi connectivity index (χ0v) is 27.7. The average molecular weight is 685 g/mol. The highest BCUT2D eigenvalue weighted by atomic mass is 16.2. The first-order valence-corrected chi connectivity index (χ1v) is 17.2. The van der Waals surface area contributed by atoms with Gasteiger partial charge >= 0.3 is 0 Å². The van der Waals surface area contributed by atoms with E-state index in [1.807, 2.05) is 0 Å². The van der Waals surface area contributed by atoms with E-state index in [0.29, 0.717) is 59.3 Å². The lowest BCUT2D eigenvalue weighted by molar-refractivity contribution is -0.138. The highest BCUT2D eigenvalue weighted by Crippen LogP contribution is 2.34. The molecule has 14 heteroatoms. The molecule has 0 aromatic heterocycles. The van der Waals surface area contributed by atoms with Crippen LogP contribution in [0.1, 0.15) is 109 Å². The molecule has 0 spiro atoms. The summed E-state index contributed by atoms with van der Waals surface area (Å²) in [6.07, 6.45) is 6.43. The summed E-state index contributed by atoms with van der Waals surface area (Å²) in [6, 6.07) is 8.81. The Balaban J connectivity index is 0.876. The molecular formula is C36H40N6O8. The number of rotatable bonds is 13. The molecule has 2 atom stereocenters. The molecular weight excluding hydrogens is 644 g/mol. The first-order chi connectivity index (χ1) is 24.1. The minimum atomic E-state index is -0.720. The fraction of sp³-hybridized carbons (Fsp3) is 0.444. The summed E-state index contributed by atoms with van der Waals surface area (Å²) in [5.41, 5.74) is 3.32. The Morgan fingerprint density at radius 2 is 1.00 bits per heavy atom. The molecule has 2 saturated heterocycles. The van der Waals surface area contributed by atoms with Crippen LogP contribution in [0.25, 0.3) is 0 Å².